The molecule has 0 fully saturated rings. The summed E-state index contributed by atoms with van der Waals surface area (Å²) in [6, 6.07) is 18.7. The molecule has 2 aromatic heterocycles. The molecule has 10 nitrogen and oxygen atoms in total. The summed E-state index contributed by atoms with van der Waals surface area (Å²) in [5.41, 5.74) is 2.48. The summed E-state index contributed by atoms with van der Waals surface area (Å²) in [5, 5.41) is 15.7. The first-order valence-corrected chi connectivity index (χ1v) is 11.9. The minimum absolute atomic E-state index is 0.0729. The number of methoxy groups -OCH3 is 1. The Labute approximate surface area is 209 Å². The Balaban J connectivity index is 1.27. The quantitative estimate of drug-likeness (QED) is 0.302. The zero-order valence-corrected chi connectivity index (χ0v) is 20.7. The van der Waals surface area contributed by atoms with Crippen LogP contribution in [0, 0.1) is 0 Å². The molecule has 4 rings (SSSR count). The molecular formula is C26H30N6O4. The van der Waals surface area contributed by atoms with Crippen LogP contribution in [-0.2, 0) is 4.79 Å². The number of carbonyl (C=O) groups is 1. The summed E-state index contributed by atoms with van der Waals surface area (Å²) in [7, 11) is 1.61. The molecular weight excluding hydrogens is 460 g/mol. The van der Waals surface area contributed by atoms with E-state index in [4.69, 9.17) is 14.2 Å². The van der Waals surface area contributed by atoms with Gasteiger partial charge in [0.2, 0.25) is 5.88 Å². The van der Waals surface area contributed by atoms with Crippen LogP contribution in [0.1, 0.15) is 13.8 Å². The SMILES string of the molecule is CCN(CC)c1cccc(OCC(=O)NCCOc2ccc3nnc(-c4cccc(OC)c4)n3n2)c1. The van der Waals surface area contributed by atoms with Gasteiger partial charge in [0.15, 0.2) is 18.1 Å². The van der Waals surface area contributed by atoms with E-state index >= 15 is 0 Å². The van der Waals surface area contributed by atoms with E-state index < -0.39 is 0 Å². The lowest BCUT2D eigenvalue weighted by molar-refractivity contribution is -0.123. The number of hydrogen-bond acceptors (Lipinski definition) is 8. The zero-order chi connectivity index (χ0) is 25.3. The van der Waals surface area contributed by atoms with Crippen molar-refractivity contribution in [3.63, 3.8) is 0 Å². The van der Waals surface area contributed by atoms with Crippen molar-refractivity contribution >= 4 is 17.2 Å². The molecule has 0 unspecified atom stereocenters. The summed E-state index contributed by atoms with van der Waals surface area (Å²) in [4.78, 5) is 14.4. The highest BCUT2D eigenvalue weighted by atomic mass is 16.5. The number of rotatable bonds is 12. The van der Waals surface area contributed by atoms with E-state index in [9.17, 15) is 4.79 Å². The van der Waals surface area contributed by atoms with Crippen LogP contribution in [0.5, 0.6) is 17.4 Å². The maximum Gasteiger partial charge on any atom is 0.258 e. The van der Waals surface area contributed by atoms with Gasteiger partial charge in [-0.05, 0) is 44.2 Å². The van der Waals surface area contributed by atoms with Crippen LogP contribution in [0.25, 0.3) is 17.0 Å². The number of hydrogen-bond donors (Lipinski definition) is 1. The van der Waals surface area contributed by atoms with Gasteiger partial charge in [0.05, 0.1) is 13.7 Å². The molecule has 188 valence electrons. The molecule has 0 saturated carbocycles. The minimum Gasteiger partial charge on any atom is -0.497 e. The number of benzene rings is 2. The normalized spacial score (nSPS) is 10.8. The number of ether oxygens (including phenoxy) is 3. The Morgan fingerprint density at radius 2 is 1.78 bits per heavy atom. The Hall–Kier alpha value is -4.34. The molecule has 10 heteroatoms. The lowest BCUT2D eigenvalue weighted by atomic mass is 10.2. The van der Waals surface area contributed by atoms with Gasteiger partial charge in [-0.15, -0.1) is 15.3 Å². The van der Waals surface area contributed by atoms with Gasteiger partial charge in [-0.2, -0.15) is 4.52 Å². The molecule has 0 atom stereocenters. The number of fused-ring (bicyclic) bond motifs is 1. The Kier molecular flexibility index (Phi) is 8.17. The number of aromatic nitrogens is 4. The molecule has 2 aromatic carbocycles. The largest absolute Gasteiger partial charge is 0.497 e. The molecule has 36 heavy (non-hydrogen) atoms. The van der Waals surface area contributed by atoms with Crippen molar-refractivity contribution in [2.24, 2.45) is 0 Å². The molecule has 4 aromatic rings. The van der Waals surface area contributed by atoms with E-state index in [-0.39, 0.29) is 19.1 Å². The van der Waals surface area contributed by atoms with E-state index in [0.717, 1.165) is 24.3 Å². The van der Waals surface area contributed by atoms with Gasteiger partial charge >= 0.3 is 0 Å². The van der Waals surface area contributed by atoms with Crippen molar-refractivity contribution < 1.29 is 19.0 Å². The van der Waals surface area contributed by atoms with Crippen molar-refractivity contribution in [1.29, 1.82) is 0 Å². The second kappa shape index (κ2) is 11.9. The average molecular weight is 491 g/mol. The van der Waals surface area contributed by atoms with Crippen LogP contribution >= 0.6 is 0 Å². The van der Waals surface area contributed by atoms with Crippen LogP contribution in [0.2, 0.25) is 0 Å². The van der Waals surface area contributed by atoms with Crippen molar-refractivity contribution in [2.75, 3.05) is 44.9 Å². The molecule has 0 saturated heterocycles. The van der Waals surface area contributed by atoms with E-state index in [0.29, 0.717) is 35.4 Å². The van der Waals surface area contributed by atoms with E-state index in [2.05, 4.69) is 39.4 Å². The fourth-order valence-electron chi connectivity index (χ4n) is 3.70. The monoisotopic (exact) mass is 490 g/mol. The summed E-state index contributed by atoms with van der Waals surface area (Å²) in [6.07, 6.45) is 0. The van der Waals surface area contributed by atoms with Gasteiger partial charge in [0, 0.05) is 36.5 Å². The third-order valence-electron chi connectivity index (χ3n) is 5.56. The lowest BCUT2D eigenvalue weighted by Crippen LogP contribution is -2.32. The first-order chi connectivity index (χ1) is 17.6. The van der Waals surface area contributed by atoms with E-state index in [1.54, 1.807) is 23.8 Å². The van der Waals surface area contributed by atoms with Crippen LogP contribution in [0.15, 0.2) is 60.7 Å². The van der Waals surface area contributed by atoms with Crippen molar-refractivity contribution in [2.45, 2.75) is 13.8 Å². The van der Waals surface area contributed by atoms with Gasteiger partial charge in [-0.25, -0.2) is 0 Å². The van der Waals surface area contributed by atoms with Crippen molar-refractivity contribution in [3.8, 4) is 28.8 Å². The van der Waals surface area contributed by atoms with Gasteiger partial charge in [-0.3, -0.25) is 4.79 Å². The summed E-state index contributed by atoms with van der Waals surface area (Å²) in [5.74, 6) is 2.11. The molecule has 0 aliphatic rings. The zero-order valence-electron chi connectivity index (χ0n) is 20.7. The van der Waals surface area contributed by atoms with E-state index in [1.807, 2.05) is 48.5 Å². The van der Waals surface area contributed by atoms with Gasteiger partial charge in [0.1, 0.15) is 18.1 Å². The molecule has 0 spiro atoms. The fourth-order valence-corrected chi connectivity index (χ4v) is 3.70. The summed E-state index contributed by atoms with van der Waals surface area (Å²) < 4.78 is 18.3. The van der Waals surface area contributed by atoms with Crippen LogP contribution in [0.4, 0.5) is 5.69 Å². The highest BCUT2D eigenvalue weighted by molar-refractivity contribution is 5.77. The first kappa shape index (κ1) is 24.8. The summed E-state index contributed by atoms with van der Waals surface area (Å²) >= 11 is 0. The summed E-state index contributed by atoms with van der Waals surface area (Å²) in [6.45, 7) is 6.50. The lowest BCUT2D eigenvalue weighted by Gasteiger charge is -2.21. The van der Waals surface area contributed by atoms with Crippen molar-refractivity contribution in [1.82, 2.24) is 25.1 Å². The van der Waals surface area contributed by atoms with Gasteiger partial charge < -0.3 is 24.4 Å². The second-order valence-corrected chi connectivity index (χ2v) is 7.85. The van der Waals surface area contributed by atoms with Crippen molar-refractivity contribution in [3.05, 3.63) is 60.7 Å². The number of carbonyl (C=O) groups excluding carboxylic acids is 1. The van der Waals surface area contributed by atoms with Crippen LogP contribution in [-0.4, -0.2) is 65.7 Å². The third-order valence-corrected chi connectivity index (χ3v) is 5.56. The second-order valence-electron chi connectivity index (χ2n) is 7.85. The molecule has 1 N–H and O–H groups in total. The fraction of sp³-hybridized carbons (Fsp3) is 0.308. The molecule has 0 aliphatic carbocycles. The maximum absolute atomic E-state index is 12.2. The Morgan fingerprint density at radius 1 is 0.972 bits per heavy atom. The number of nitrogens with zero attached hydrogens (tertiary/aromatic N) is 5. The third kappa shape index (κ3) is 6.01. The molecule has 1 amide bonds. The molecule has 0 aliphatic heterocycles. The molecule has 0 radical (unpaired) electrons. The Bertz CT molecular complexity index is 1300. The number of nitrogens with one attached hydrogen (secondary N) is 1. The van der Waals surface area contributed by atoms with Crippen LogP contribution < -0.4 is 24.4 Å². The molecule has 0 bridgehead atoms. The average Bonchev–Trinajstić information content (AvgIpc) is 3.34. The maximum atomic E-state index is 12.2. The van der Waals surface area contributed by atoms with Gasteiger partial charge in [-0.1, -0.05) is 18.2 Å². The Morgan fingerprint density at radius 3 is 2.58 bits per heavy atom. The number of amides is 1. The predicted octanol–water partition coefficient (Wildman–Crippen LogP) is 3.22. The highest BCUT2D eigenvalue weighted by Gasteiger charge is 2.12. The number of anilines is 1. The first-order valence-electron chi connectivity index (χ1n) is 11.9. The smallest absolute Gasteiger partial charge is 0.258 e. The van der Waals surface area contributed by atoms with Gasteiger partial charge in [0.25, 0.3) is 5.91 Å². The standard InChI is InChI=1S/C26H30N6O4/c1-4-31(5-2)20-9-7-11-22(17-20)36-18-24(33)27-14-15-35-25-13-12-23-28-29-26(32(23)30-25)19-8-6-10-21(16-19)34-3/h6-13,16-17H,4-5,14-15,18H2,1-3H3,(H,27,33). The van der Waals surface area contributed by atoms with Crippen LogP contribution in [0.3, 0.4) is 0 Å². The topological polar surface area (TPSA) is 103 Å². The molecule has 2 heterocycles. The highest BCUT2D eigenvalue weighted by Crippen LogP contribution is 2.23. The van der Waals surface area contributed by atoms with E-state index in [1.165, 1.54) is 0 Å². The predicted molar refractivity (Wildman–Crippen MR) is 137 cm³/mol. The minimum atomic E-state index is -0.227.